The summed E-state index contributed by atoms with van der Waals surface area (Å²) in [5, 5.41) is 17.6. The summed E-state index contributed by atoms with van der Waals surface area (Å²) in [6.45, 7) is 6.66. The van der Waals surface area contributed by atoms with Crippen molar-refractivity contribution in [1.82, 2.24) is 20.4 Å². The molecule has 0 fully saturated rings. The first-order valence-corrected chi connectivity index (χ1v) is 11.5. The SMILES string of the molecule is COc1cccc(-c2noc(C3=C(C)N(CCC(C)C)C(=O)NC3c3ccc(OC)c(O)c3)n2)c1. The Kier molecular flexibility index (Phi) is 6.95. The van der Waals surface area contributed by atoms with Gasteiger partial charge in [0.25, 0.3) is 5.89 Å². The second-order valence-electron chi connectivity index (χ2n) is 8.80. The fraction of sp³-hybridized carbons (Fsp3) is 0.346. The molecule has 2 N–H and O–H groups in total. The fourth-order valence-corrected chi connectivity index (χ4v) is 4.06. The van der Waals surface area contributed by atoms with E-state index in [1.165, 1.54) is 7.11 Å². The molecule has 2 aromatic carbocycles. The number of aromatic hydroxyl groups is 1. The van der Waals surface area contributed by atoms with Crippen molar-refractivity contribution >= 4 is 11.6 Å². The van der Waals surface area contributed by atoms with Crippen molar-refractivity contribution in [3.63, 3.8) is 0 Å². The topological polar surface area (TPSA) is 110 Å². The molecule has 9 nitrogen and oxygen atoms in total. The normalized spacial score (nSPS) is 16.0. The minimum absolute atomic E-state index is 0.0268. The van der Waals surface area contributed by atoms with Crippen LogP contribution in [0.15, 0.2) is 52.7 Å². The van der Waals surface area contributed by atoms with Gasteiger partial charge in [0.1, 0.15) is 5.75 Å². The van der Waals surface area contributed by atoms with Crippen LogP contribution in [0.2, 0.25) is 0 Å². The number of nitrogens with one attached hydrogen (secondary N) is 1. The molecule has 184 valence electrons. The summed E-state index contributed by atoms with van der Waals surface area (Å²) in [6.07, 6.45) is 0.838. The zero-order chi connectivity index (χ0) is 25.1. The molecule has 2 amide bonds. The molecule has 0 saturated heterocycles. The van der Waals surface area contributed by atoms with Crippen molar-refractivity contribution in [2.24, 2.45) is 5.92 Å². The molecule has 0 radical (unpaired) electrons. The molecule has 0 bridgehead atoms. The Morgan fingerprint density at radius 2 is 1.97 bits per heavy atom. The van der Waals surface area contributed by atoms with Crippen molar-refractivity contribution in [2.45, 2.75) is 33.2 Å². The zero-order valence-electron chi connectivity index (χ0n) is 20.5. The highest BCUT2D eigenvalue weighted by Crippen LogP contribution is 2.40. The number of amides is 2. The van der Waals surface area contributed by atoms with Gasteiger partial charge in [-0.15, -0.1) is 0 Å². The third kappa shape index (κ3) is 4.94. The fourth-order valence-electron chi connectivity index (χ4n) is 4.06. The molecule has 1 aliphatic rings. The molecule has 0 aliphatic carbocycles. The Hall–Kier alpha value is -4.01. The Morgan fingerprint density at radius 3 is 2.66 bits per heavy atom. The van der Waals surface area contributed by atoms with Crippen LogP contribution in [0.4, 0.5) is 4.79 Å². The lowest BCUT2D eigenvalue weighted by Gasteiger charge is -2.35. The number of methoxy groups -OCH3 is 2. The van der Waals surface area contributed by atoms with Crippen LogP contribution in [-0.2, 0) is 0 Å². The van der Waals surface area contributed by atoms with Crippen LogP contribution in [0.1, 0.15) is 44.7 Å². The molecule has 35 heavy (non-hydrogen) atoms. The predicted molar refractivity (Wildman–Crippen MR) is 131 cm³/mol. The standard InChI is InChI=1S/C26H30N4O5/c1-15(2)11-12-30-16(3)22(23(27-26(30)32)17-9-10-21(34-5)20(31)14-17)25-28-24(29-35-25)18-7-6-8-19(13-18)33-4/h6-10,13-15,23,31H,11-12H2,1-5H3,(H,27,32). The van der Waals surface area contributed by atoms with Crippen molar-refractivity contribution in [3.8, 4) is 28.6 Å². The molecule has 2 heterocycles. The van der Waals surface area contributed by atoms with Gasteiger partial charge in [-0.3, -0.25) is 4.90 Å². The molecule has 0 spiro atoms. The highest BCUT2D eigenvalue weighted by Gasteiger charge is 2.36. The van der Waals surface area contributed by atoms with E-state index in [1.807, 2.05) is 31.2 Å². The van der Waals surface area contributed by atoms with Crippen LogP contribution in [0.25, 0.3) is 17.0 Å². The third-order valence-corrected chi connectivity index (χ3v) is 6.05. The minimum atomic E-state index is -0.604. The number of benzene rings is 2. The molecular weight excluding hydrogens is 448 g/mol. The van der Waals surface area contributed by atoms with E-state index in [1.54, 1.807) is 30.2 Å². The van der Waals surface area contributed by atoms with Crippen LogP contribution in [0.3, 0.4) is 0 Å². The van der Waals surface area contributed by atoms with Gasteiger partial charge < -0.3 is 24.4 Å². The smallest absolute Gasteiger partial charge is 0.322 e. The number of carbonyl (C=O) groups excluding carboxylic acids is 1. The number of phenols is 1. The van der Waals surface area contributed by atoms with Gasteiger partial charge in [-0.1, -0.05) is 37.2 Å². The molecule has 1 unspecified atom stereocenters. The maximum Gasteiger partial charge on any atom is 0.322 e. The van der Waals surface area contributed by atoms with Gasteiger partial charge in [0.05, 0.1) is 25.8 Å². The van der Waals surface area contributed by atoms with E-state index in [0.717, 1.165) is 17.7 Å². The number of hydrogen-bond donors (Lipinski definition) is 2. The summed E-state index contributed by atoms with van der Waals surface area (Å²) in [4.78, 5) is 19.5. The van der Waals surface area contributed by atoms with Crippen LogP contribution in [0.5, 0.6) is 17.2 Å². The van der Waals surface area contributed by atoms with Gasteiger partial charge in [-0.2, -0.15) is 4.98 Å². The number of phenolic OH excluding ortho intramolecular Hbond substituents is 1. The second kappa shape index (κ2) is 10.1. The van der Waals surface area contributed by atoms with Crippen LogP contribution in [-0.4, -0.2) is 46.9 Å². The quantitative estimate of drug-likeness (QED) is 0.469. The molecular formula is C26H30N4O5. The van der Waals surface area contributed by atoms with E-state index < -0.39 is 6.04 Å². The van der Waals surface area contributed by atoms with Crippen molar-refractivity contribution in [1.29, 1.82) is 0 Å². The molecule has 1 aliphatic heterocycles. The zero-order valence-corrected chi connectivity index (χ0v) is 20.5. The first kappa shape index (κ1) is 24.1. The molecule has 1 atom stereocenters. The molecule has 1 aromatic heterocycles. The van der Waals surface area contributed by atoms with Crippen LogP contribution >= 0.6 is 0 Å². The molecule has 0 saturated carbocycles. The number of rotatable bonds is 8. The van der Waals surface area contributed by atoms with Crippen LogP contribution in [0, 0.1) is 5.92 Å². The molecule has 3 aromatic rings. The lowest BCUT2D eigenvalue weighted by Crippen LogP contribution is -2.46. The average Bonchev–Trinajstić information content (AvgIpc) is 3.33. The number of allylic oxidation sites excluding steroid dienone is 1. The first-order valence-electron chi connectivity index (χ1n) is 11.5. The van der Waals surface area contributed by atoms with Crippen molar-refractivity contribution in [2.75, 3.05) is 20.8 Å². The number of urea groups is 1. The number of aromatic nitrogens is 2. The maximum atomic E-state index is 13.1. The van der Waals surface area contributed by atoms with E-state index in [4.69, 9.17) is 14.0 Å². The molecule has 9 heteroatoms. The van der Waals surface area contributed by atoms with Gasteiger partial charge >= 0.3 is 6.03 Å². The highest BCUT2D eigenvalue weighted by molar-refractivity contribution is 5.87. The lowest BCUT2D eigenvalue weighted by atomic mass is 9.94. The van der Waals surface area contributed by atoms with E-state index >= 15 is 0 Å². The monoisotopic (exact) mass is 478 g/mol. The van der Waals surface area contributed by atoms with Gasteiger partial charge in [-0.25, -0.2) is 4.79 Å². The largest absolute Gasteiger partial charge is 0.504 e. The van der Waals surface area contributed by atoms with Gasteiger partial charge in [0.15, 0.2) is 11.5 Å². The number of hydrogen-bond acceptors (Lipinski definition) is 7. The average molecular weight is 479 g/mol. The summed E-state index contributed by atoms with van der Waals surface area (Å²) in [5.41, 5.74) is 2.79. The summed E-state index contributed by atoms with van der Waals surface area (Å²) < 4.78 is 16.2. The highest BCUT2D eigenvalue weighted by atomic mass is 16.5. The van der Waals surface area contributed by atoms with E-state index in [-0.39, 0.29) is 17.7 Å². The van der Waals surface area contributed by atoms with Gasteiger partial charge in [0, 0.05) is 17.8 Å². The second-order valence-corrected chi connectivity index (χ2v) is 8.80. The van der Waals surface area contributed by atoms with E-state index in [2.05, 4.69) is 29.3 Å². The Labute approximate surface area is 204 Å². The van der Waals surface area contributed by atoms with Crippen molar-refractivity contribution < 1.29 is 23.9 Å². The minimum Gasteiger partial charge on any atom is -0.504 e. The predicted octanol–water partition coefficient (Wildman–Crippen LogP) is 5.00. The van der Waals surface area contributed by atoms with E-state index in [9.17, 15) is 9.90 Å². The van der Waals surface area contributed by atoms with Gasteiger partial charge in [-0.05, 0) is 49.1 Å². The summed E-state index contributed by atoms with van der Waals surface area (Å²) >= 11 is 0. The van der Waals surface area contributed by atoms with Crippen LogP contribution < -0.4 is 14.8 Å². The summed E-state index contributed by atoms with van der Waals surface area (Å²) in [5.74, 6) is 2.12. The van der Waals surface area contributed by atoms with Gasteiger partial charge in [0.2, 0.25) is 5.82 Å². The van der Waals surface area contributed by atoms with E-state index in [0.29, 0.717) is 40.9 Å². The Bertz CT molecular complexity index is 1250. The number of nitrogens with zero attached hydrogens (tertiary/aromatic N) is 3. The number of carbonyl (C=O) groups is 1. The van der Waals surface area contributed by atoms with Crippen molar-refractivity contribution in [3.05, 3.63) is 59.6 Å². The number of ether oxygens (including phenoxy) is 2. The molecule has 4 rings (SSSR count). The lowest BCUT2D eigenvalue weighted by molar-refractivity contribution is 0.202. The summed E-state index contributed by atoms with van der Waals surface area (Å²) in [7, 11) is 3.08. The summed E-state index contributed by atoms with van der Waals surface area (Å²) in [6, 6.07) is 11.6. The Morgan fingerprint density at radius 1 is 1.17 bits per heavy atom. The first-order chi connectivity index (χ1) is 16.8. The third-order valence-electron chi connectivity index (χ3n) is 6.05. The Balaban J connectivity index is 1.80. The maximum absolute atomic E-state index is 13.1.